The number of aromatic nitrogens is 2. The molecule has 4 nitrogen and oxygen atoms in total. The number of anilines is 1. The Morgan fingerprint density at radius 3 is 2.79 bits per heavy atom. The number of hydrogen-bond donors (Lipinski definition) is 2. The number of rotatable bonds is 6. The topological polar surface area (TPSA) is 63.8 Å². The minimum atomic E-state index is 0.329. The zero-order chi connectivity index (χ0) is 13.7. The van der Waals surface area contributed by atoms with Gasteiger partial charge < -0.3 is 11.1 Å². The summed E-state index contributed by atoms with van der Waals surface area (Å²) >= 11 is 0. The quantitative estimate of drug-likeness (QED) is 0.827. The predicted octanol–water partition coefficient (Wildman–Crippen LogP) is 2.61. The summed E-state index contributed by atoms with van der Waals surface area (Å²) in [4.78, 5) is 8.71. The first-order chi connectivity index (χ1) is 9.12. The Morgan fingerprint density at radius 2 is 2.11 bits per heavy atom. The van der Waals surface area contributed by atoms with Crippen LogP contribution in [-0.4, -0.2) is 23.1 Å². The normalized spacial score (nSPS) is 16.8. The maximum Gasteiger partial charge on any atom is 0.131 e. The molecular weight excluding hydrogens is 236 g/mol. The minimum Gasteiger partial charge on any atom is -0.369 e. The third-order valence-corrected chi connectivity index (χ3v) is 4.26. The number of nitrogens with one attached hydrogen (secondary N) is 1. The van der Waals surface area contributed by atoms with Crippen molar-refractivity contribution < 1.29 is 0 Å². The molecule has 0 amide bonds. The van der Waals surface area contributed by atoms with Crippen LogP contribution in [0.2, 0.25) is 0 Å². The molecule has 0 aliphatic heterocycles. The molecule has 0 radical (unpaired) electrons. The highest BCUT2D eigenvalue weighted by Gasteiger charge is 2.31. The lowest BCUT2D eigenvalue weighted by molar-refractivity contribution is 0.234. The predicted molar refractivity (Wildman–Crippen MR) is 79.0 cm³/mol. The van der Waals surface area contributed by atoms with Gasteiger partial charge in [0.1, 0.15) is 11.6 Å². The molecule has 1 aromatic rings. The van der Waals surface area contributed by atoms with Gasteiger partial charge in [-0.25, -0.2) is 9.97 Å². The zero-order valence-electron chi connectivity index (χ0n) is 12.2. The molecule has 4 heteroatoms. The van der Waals surface area contributed by atoms with Crippen molar-refractivity contribution in [3.05, 3.63) is 18.1 Å². The van der Waals surface area contributed by atoms with Crippen LogP contribution in [0.25, 0.3) is 0 Å². The first-order valence-corrected chi connectivity index (χ1v) is 7.38. The van der Waals surface area contributed by atoms with Crippen molar-refractivity contribution in [2.75, 3.05) is 18.4 Å². The van der Waals surface area contributed by atoms with E-state index in [-0.39, 0.29) is 0 Å². The lowest BCUT2D eigenvalue weighted by Gasteiger charge is -2.32. The smallest absolute Gasteiger partial charge is 0.131 e. The monoisotopic (exact) mass is 262 g/mol. The summed E-state index contributed by atoms with van der Waals surface area (Å²) in [6.07, 6.45) is 8.07. The molecular formula is C15H26N4. The van der Waals surface area contributed by atoms with Crippen LogP contribution in [-0.2, 0) is 6.42 Å². The first kappa shape index (κ1) is 14.3. The maximum atomic E-state index is 5.54. The molecule has 0 bridgehead atoms. The molecule has 3 N–H and O–H groups in total. The van der Waals surface area contributed by atoms with Gasteiger partial charge in [0.2, 0.25) is 0 Å². The van der Waals surface area contributed by atoms with Gasteiger partial charge >= 0.3 is 0 Å². The standard InChI is InChI=1S/C15H26N4/c1-15(2,12-5-3-4-6-12)11-18-14-8-10-17-13(19-14)7-9-16/h8,10,12H,3-7,9,11,16H2,1-2H3,(H,17,18,19). The average molecular weight is 262 g/mol. The molecule has 0 saturated heterocycles. The van der Waals surface area contributed by atoms with E-state index in [1.807, 2.05) is 12.3 Å². The number of nitrogens with zero attached hydrogens (tertiary/aromatic N) is 2. The van der Waals surface area contributed by atoms with Crippen LogP contribution in [0.1, 0.15) is 45.4 Å². The second kappa shape index (κ2) is 6.33. The van der Waals surface area contributed by atoms with Crippen LogP contribution in [0.3, 0.4) is 0 Å². The van der Waals surface area contributed by atoms with Gasteiger partial charge in [0.25, 0.3) is 0 Å². The van der Waals surface area contributed by atoms with Gasteiger partial charge in [-0.1, -0.05) is 26.7 Å². The van der Waals surface area contributed by atoms with E-state index in [9.17, 15) is 0 Å². The van der Waals surface area contributed by atoms with E-state index in [1.165, 1.54) is 25.7 Å². The summed E-state index contributed by atoms with van der Waals surface area (Å²) in [6.45, 7) is 6.28. The molecule has 1 saturated carbocycles. The van der Waals surface area contributed by atoms with Crippen molar-refractivity contribution in [3.8, 4) is 0 Å². The van der Waals surface area contributed by atoms with Crippen LogP contribution >= 0.6 is 0 Å². The fourth-order valence-corrected chi connectivity index (χ4v) is 2.92. The molecule has 106 valence electrons. The Balaban J connectivity index is 1.92. The molecule has 1 aliphatic rings. The Hall–Kier alpha value is -1.16. The highest BCUT2D eigenvalue weighted by molar-refractivity contribution is 5.33. The van der Waals surface area contributed by atoms with Crippen LogP contribution in [0.5, 0.6) is 0 Å². The lowest BCUT2D eigenvalue weighted by Crippen LogP contribution is -2.30. The van der Waals surface area contributed by atoms with E-state index >= 15 is 0 Å². The van der Waals surface area contributed by atoms with Crippen LogP contribution in [0.15, 0.2) is 12.3 Å². The van der Waals surface area contributed by atoms with Crippen molar-refractivity contribution >= 4 is 5.82 Å². The van der Waals surface area contributed by atoms with Crippen molar-refractivity contribution in [2.24, 2.45) is 17.1 Å². The van der Waals surface area contributed by atoms with Crippen molar-refractivity contribution in [2.45, 2.75) is 46.0 Å². The van der Waals surface area contributed by atoms with Gasteiger partial charge in [-0.05, 0) is 36.8 Å². The van der Waals surface area contributed by atoms with E-state index in [1.54, 1.807) is 0 Å². The van der Waals surface area contributed by atoms with Crippen molar-refractivity contribution in [1.29, 1.82) is 0 Å². The minimum absolute atomic E-state index is 0.329. The van der Waals surface area contributed by atoms with Crippen LogP contribution in [0.4, 0.5) is 5.82 Å². The van der Waals surface area contributed by atoms with E-state index in [0.717, 1.165) is 30.5 Å². The van der Waals surface area contributed by atoms with E-state index in [2.05, 4.69) is 29.1 Å². The summed E-state index contributed by atoms with van der Waals surface area (Å²) < 4.78 is 0. The third kappa shape index (κ3) is 3.90. The number of nitrogens with two attached hydrogens (primary N) is 1. The molecule has 1 heterocycles. The summed E-state index contributed by atoms with van der Waals surface area (Å²) in [7, 11) is 0. The number of hydrogen-bond acceptors (Lipinski definition) is 4. The van der Waals surface area contributed by atoms with Gasteiger partial charge in [0.15, 0.2) is 0 Å². The van der Waals surface area contributed by atoms with Gasteiger partial charge in [0, 0.05) is 19.2 Å². The highest BCUT2D eigenvalue weighted by atomic mass is 15.0. The second-order valence-corrected chi connectivity index (χ2v) is 6.22. The molecule has 1 aromatic heterocycles. The molecule has 0 aromatic carbocycles. The van der Waals surface area contributed by atoms with Gasteiger partial charge in [-0.15, -0.1) is 0 Å². The summed E-state index contributed by atoms with van der Waals surface area (Å²) in [6, 6.07) is 1.94. The van der Waals surface area contributed by atoms with E-state index in [4.69, 9.17) is 5.73 Å². The molecule has 19 heavy (non-hydrogen) atoms. The van der Waals surface area contributed by atoms with Crippen LogP contribution < -0.4 is 11.1 Å². The summed E-state index contributed by atoms with van der Waals surface area (Å²) in [5.74, 6) is 2.58. The SMILES string of the molecule is CC(C)(CNc1ccnc(CCN)n1)C1CCCC1. The molecule has 0 spiro atoms. The maximum absolute atomic E-state index is 5.54. The Kier molecular flexibility index (Phi) is 4.75. The first-order valence-electron chi connectivity index (χ1n) is 7.38. The summed E-state index contributed by atoms with van der Waals surface area (Å²) in [5.41, 5.74) is 5.86. The zero-order valence-corrected chi connectivity index (χ0v) is 12.2. The third-order valence-electron chi connectivity index (χ3n) is 4.26. The van der Waals surface area contributed by atoms with Crippen molar-refractivity contribution in [1.82, 2.24) is 9.97 Å². The Bertz CT molecular complexity index is 397. The molecule has 1 fully saturated rings. The lowest BCUT2D eigenvalue weighted by atomic mass is 9.78. The van der Waals surface area contributed by atoms with Crippen molar-refractivity contribution in [3.63, 3.8) is 0 Å². The fraction of sp³-hybridized carbons (Fsp3) is 0.733. The molecule has 2 rings (SSSR count). The second-order valence-electron chi connectivity index (χ2n) is 6.22. The van der Waals surface area contributed by atoms with E-state index in [0.29, 0.717) is 12.0 Å². The fourth-order valence-electron chi connectivity index (χ4n) is 2.92. The molecule has 1 aliphatic carbocycles. The highest BCUT2D eigenvalue weighted by Crippen LogP contribution is 2.39. The van der Waals surface area contributed by atoms with Gasteiger partial charge in [-0.3, -0.25) is 0 Å². The summed E-state index contributed by atoms with van der Waals surface area (Å²) in [5, 5.41) is 3.47. The van der Waals surface area contributed by atoms with Gasteiger partial charge in [-0.2, -0.15) is 0 Å². The van der Waals surface area contributed by atoms with Crippen LogP contribution in [0, 0.1) is 11.3 Å². The Labute approximate surface area is 116 Å². The molecule has 0 unspecified atom stereocenters. The average Bonchev–Trinajstić information content (AvgIpc) is 2.92. The van der Waals surface area contributed by atoms with E-state index < -0.39 is 0 Å². The molecule has 0 atom stereocenters. The largest absolute Gasteiger partial charge is 0.369 e. The Morgan fingerprint density at radius 1 is 1.37 bits per heavy atom. The van der Waals surface area contributed by atoms with Gasteiger partial charge in [0.05, 0.1) is 0 Å².